The summed E-state index contributed by atoms with van der Waals surface area (Å²) in [5, 5.41) is 17.9. The minimum atomic E-state index is -0.870. The number of carboxylic acid groups (broad SMARTS) is 1. The second-order valence-corrected chi connectivity index (χ2v) is 4.82. The van der Waals surface area contributed by atoms with Crippen molar-refractivity contribution in [1.29, 1.82) is 5.26 Å². The molecular formula is C15H22N4O2. The summed E-state index contributed by atoms with van der Waals surface area (Å²) in [5.74, 6) is -0.529. The van der Waals surface area contributed by atoms with Crippen LogP contribution in [0, 0.1) is 17.2 Å². The summed E-state index contributed by atoms with van der Waals surface area (Å²) >= 11 is 0. The molecule has 0 bridgehead atoms. The van der Waals surface area contributed by atoms with Crippen LogP contribution in [0.2, 0.25) is 0 Å². The topological polar surface area (TPSA) is 80.5 Å². The molecule has 1 aromatic rings. The molecule has 0 aromatic carbocycles. The van der Waals surface area contributed by atoms with Gasteiger partial charge in [0.1, 0.15) is 12.4 Å². The Morgan fingerprint density at radius 3 is 2.48 bits per heavy atom. The quantitative estimate of drug-likeness (QED) is 0.737. The van der Waals surface area contributed by atoms with Gasteiger partial charge in [-0.05, 0) is 26.0 Å². The van der Waals surface area contributed by atoms with Crippen LogP contribution in [0.4, 0.5) is 11.5 Å². The summed E-state index contributed by atoms with van der Waals surface area (Å²) in [5.41, 5.74) is 0.764. The van der Waals surface area contributed by atoms with Crippen molar-refractivity contribution in [3.63, 3.8) is 0 Å². The van der Waals surface area contributed by atoms with E-state index < -0.39 is 11.9 Å². The van der Waals surface area contributed by atoms with Crippen molar-refractivity contribution in [1.82, 2.24) is 4.98 Å². The Morgan fingerprint density at radius 2 is 2.05 bits per heavy atom. The van der Waals surface area contributed by atoms with Gasteiger partial charge in [0.2, 0.25) is 0 Å². The van der Waals surface area contributed by atoms with E-state index in [9.17, 15) is 4.79 Å². The van der Waals surface area contributed by atoms with E-state index in [1.807, 2.05) is 12.1 Å². The molecule has 1 rings (SSSR count). The van der Waals surface area contributed by atoms with Crippen molar-refractivity contribution < 1.29 is 9.90 Å². The Hall–Kier alpha value is -2.29. The van der Waals surface area contributed by atoms with Gasteiger partial charge in [-0.25, -0.2) is 4.98 Å². The molecular weight excluding hydrogens is 268 g/mol. The van der Waals surface area contributed by atoms with Gasteiger partial charge in [0.25, 0.3) is 0 Å². The van der Waals surface area contributed by atoms with E-state index in [4.69, 9.17) is 10.4 Å². The molecule has 1 unspecified atom stereocenters. The van der Waals surface area contributed by atoms with Gasteiger partial charge >= 0.3 is 5.97 Å². The number of nitriles is 1. The average Bonchev–Trinajstić information content (AvgIpc) is 2.48. The van der Waals surface area contributed by atoms with Crippen LogP contribution >= 0.6 is 0 Å². The Morgan fingerprint density at radius 1 is 1.38 bits per heavy atom. The maximum absolute atomic E-state index is 11.0. The summed E-state index contributed by atoms with van der Waals surface area (Å²) in [4.78, 5) is 19.2. The number of nitrogens with zero attached hydrogens (tertiary/aromatic N) is 4. The van der Waals surface area contributed by atoms with Gasteiger partial charge in [-0.2, -0.15) is 5.26 Å². The zero-order chi connectivity index (χ0) is 15.8. The number of carbonyl (C=O) groups is 1. The molecule has 0 aliphatic carbocycles. The van der Waals surface area contributed by atoms with Gasteiger partial charge < -0.3 is 14.9 Å². The van der Waals surface area contributed by atoms with Crippen LogP contribution < -0.4 is 9.80 Å². The molecule has 0 fully saturated rings. The molecule has 1 N–H and O–H groups in total. The fourth-order valence-corrected chi connectivity index (χ4v) is 2.06. The Bertz CT molecular complexity index is 491. The van der Waals surface area contributed by atoms with Crippen molar-refractivity contribution in [3.05, 3.63) is 18.3 Å². The molecule has 1 heterocycles. The highest BCUT2D eigenvalue weighted by Crippen LogP contribution is 2.18. The predicted molar refractivity (Wildman–Crippen MR) is 82.4 cm³/mol. The second kappa shape index (κ2) is 8.10. The maximum Gasteiger partial charge on any atom is 0.308 e. The lowest BCUT2D eigenvalue weighted by Gasteiger charge is -2.25. The zero-order valence-corrected chi connectivity index (χ0v) is 12.8. The summed E-state index contributed by atoms with van der Waals surface area (Å²) in [6.45, 7) is 7.94. The molecule has 0 radical (unpaired) electrons. The highest BCUT2D eigenvalue weighted by atomic mass is 16.4. The zero-order valence-electron chi connectivity index (χ0n) is 12.8. The molecule has 0 saturated carbocycles. The van der Waals surface area contributed by atoms with Crippen LogP contribution in [0.25, 0.3) is 0 Å². The van der Waals surface area contributed by atoms with Gasteiger partial charge in [-0.1, -0.05) is 6.92 Å². The first-order valence-corrected chi connectivity index (χ1v) is 7.09. The summed E-state index contributed by atoms with van der Waals surface area (Å²) in [6, 6.07) is 5.85. The summed E-state index contributed by atoms with van der Waals surface area (Å²) in [7, 11) is 0. The molecule has 0 amide bonds. The number of carboxylic acids is 1. The molecule has 6 heteroatoms. The highest BCUT2D eigenvalue weighted by molar-refractivity contribution is 5.70. The molecule has 0 aliphatic rings. The first-order valence-electron chi connectivity index (χ1n) is 7.09. The Kier molecular flexibility index (Phi) is 6.47. The van der Waals surface area contributed by atoms with Gasteiger partial charge in [-0.3, -0.25) is 4.79 Å². The highest BCUT2D eigenvalue weighted by Gasteiger charge is 2.17. The molecule has 6 nitrogen and oxygen atoms in total. The number of hydrogen-bond acceptors (Lipinski definition) is 5. The van der Waals surface area contributed by atoms with E-state index in [0.29, 0.717) is 0 Å². The first-order chi connectivity index (χ1) is 10.0. The van der Waals surface area contributed by atoms with Gasteiger partial charge in [-0.15, -0.1) is 0 Å². The van der Waals surface area contributed by atoms with Crippen LogP contribution in [0.5, 0.6) is 0 Å². The largest absolute Gasteiger partial charge is 0.481 e. The molecule has 114 valence electrons. The van der Waals surface area contributed by atoms with E-state index in [1.165, 1.54) is 0 Å². The minimum Gasteiger partial charge on any atom is -0.481 e. The third kappa shape index (κ3) is 4.63. The third-order valence-corrected chi connectivity index (χ3v) is 3.36. The predicted octanol–water partition coefficient (Wildman–Crippen LogP) is 1.98. The lowest BCUT2D eigenvalue weighted by molar-refractivity contribution is -0.140. The number of rotatable bonds is 8. The Labute approximate surface area is 125 Å². The smallest absolute Gasteiger partial charge is 0.308 e. The minimum absolute atomic E-state index is 0.143. The van der Waals surface area contributed by atoms with E-state index in [-0.39, 0.29) is 13.1 Å². The number of hydrogen-bond donors (Lipinski definition) is 1. The molecule has 1 atom stereocenters. The first kappa shape index (κ1) is 16.8. The van der Waals surface area contributed by atoms with Crippen LogP contribution in [0.1, 0.15) is 20.8 Å². The van der Waals surface area contributed by atoms with Gasteiger partial charge in [0, 0.05) is 19.6 Å². The number of aromatic nitrogens is 1. The van der Waals surface area contributed by atoms with Gasteiger partial charge in [0.15, 0.2) is 0 Å². The van der Waals surface area contributed by atoms with Crippen molar-refractivity contribution >= 4 is 17.5 Å². The van der Waals surface area contributed by atoms with Crippen LogP contribution in [-0.4, -0.2) is 42.2 Å². The summed E-state index contributed by atoms with van der Waals surface area (Å²) in [6.07, 6.45) is 1.69. The standard InChI is InChI=1S/C15H22N4O2/c1-4-18(5-2)14-7-6-13(10-17-14)19(9-8-16)11-12(3)15(20)21/h6-7,10,12H,4-5,9,11H2,1-3H3,(H,20,21). The maximum atomic E-state index is 11.0. The number of aliphatic carboxylic acids is 1. The second-order valence-electron chi connectivity index (χ2n) is 4.82. The van der Waals surface area contributed by atoms with Crippen molar-refractivity contribution in [3.8, 4) is 6.07 Å². The fraction of sp³-hybridized carbons (Fsp3) is 0.533. The van der Waals surface area contributed by atoms with Crippen molar-refractivity contribution in [2.24, 2.45) is 5.92 Å². The molecule has 1 aromatic heterocycles. The molecule has 0 aliphatic heterocycles. The molecule has 0 spiro atoms. The van der Waals surface area contributed by atoms with Crippen LogP contribution in [0.3, 0.4) is 0 Å². The van der Waals surface area contributed by atoms with E-state index in [1.54, 1.807) is 18.0 Å². The number of pyridine rings is 1. The van der Waals surface area contributed by atoms with E-state index in [0.717, 1.165) is 24.6 Å². The van der Waals surface area contributed by atoms with Gasteiger partial charge in [0.05, 0.1) is 23.9 Å². The Balaban J connectivity index is 2.89. The van der Waals surface area contributed by atoms with Crippen molar-refractivity contribution in [2.45, 2.75) is 20.8 Å². The molecule has 21 heavy (non-hydrogen) atoms. The average molecular weight is 290 g/mol. The van der Waals surface area contributed by atoms with Crippen LogP contribution in [0.15, 0.2) is 18.3 Å². The van der Waals surface area contributed by atoms with Crippen LogP contribution in [-0.2, 0) is 4.79 Å². The lowest BCUT2D eigenvalue weighted by atomic mass is 10.1. The normalized spacial score (nSPS) is 11.5. The number of anilines is 2. The third-order valence-electron chi connectivity index (χ3n) is 3.36. The fourth-order valence-electron chi connectivity index (χ4n) is 2.06. The van der Waals surface area contributed by atoms with E-state index in [2.05, 4.69) is 29.8 Å². The van der Waals surface area contributed by atoms with Crippen molar-refractivity contribution in [2.75, 3.05) is 36.0 Å². The van der Waals surface area contributed by atoms with E-state index >= 15 is 0 Å². The SMILES string of the molecule is CCN(CC)c1ccc(N(CC#N)CC(C)C(=O)O)cn1. The lowest BCUT2D eigenvalue weighted by Crippen LogP contribution is -2.32. The monoisotopic (exact) mass is 290 g/mol. The summed E-state index contributed by atoms with van der Waals surface area (Å²) < 4.78 is 0. The molecule has 0 saturated heterocycles.